The summed E-state index contributed by atoms with van der Waals surface area (Å²) in [6.07, 6.45) is 2.74. The maximum atomic E-state index is 12.7. The number of carbonyl (C=O) groups is 1. The van der Waals surface area contributed by atoms with Gasteiger partial charge in [-0.3, -0.25) is 4.79 Å². The summed E-state index contributed by atoms with van der Waals surface area (Å²) >= 11 is 6.30. The number of benzene rings is 1. The lowest BCUT2D eigenvalue weighted by atomic mass is 9.77. The third kappa shape index (κ3) is 4.08. The van der Waals surface area contributed by atoms with Crippen LogP contribution < -0.4 is 0 Å². The molecule has 1 aliphatic heterocycles. The zero-order valence-electron chi connectivity index (χ0n) is 13.4. The fourth-order valence-corrected chi connectivity index (χ4v) is 3.68. The molecule has 1 atom stereocenters. The lowest BCUT2D eigenvalue weighted by Gasteiger charge is -2.33. The third-order valence-electron chi connectivity index (χ3n) is 4.63. The summed E-state index contributed by atoms with van der Waals surface area (Å²) in [6.45, 7) is 9.50. The molecule has 1 aromatic carbocycles. The number of nitrogens with zero attached hydrogens (tertiary/aromatic N) is 1. The molecular weight excluding hydrogens is 282 g/mol. The minimum Gasteiger partial charge on any atom is -0.303 e. The summed E-state index contributed by atoms with van der Waals surface area (Å²) in [7, 11) is 0. The molecule has 1 aromatic rings. The molecule has 0 saturated carbocycles. The number of halogens is 1. The van der Waals surface area contributed by atoms with Gasteiger partial charge in [0, 0.05) is 23.9 Å². The lowest BCUT2D eigenvalue weighted by molar-refractivity contribution is -0.125. The zero-order valence-corrected chi connectivity index (χ0v) is 14.1. The Morgan fingerprint density at radius 2 is 2.10 bits per heavy atom. The van der Waals surface area contributed by atoms with Gasteiger partial charge in [-0.2, -0.15) is 0 Å². The molecule has 2 rings (SSSR count). The number of hydrogen-bond acceptors (Lipinski definition) is 2. The SMILES string of the molecule is CCN1CCC[C@H](C(=O)CC(C)(C)c2ccccc2Cl)C1. The predicted molar refractivity (Wildman–Crippen MR) is 88.9 cm³/mol. The van der Waals surface area contributed by atoms with E-state index in [1.165, 1.54) is 0 Å². The molecule has 0 amide bonds. The van der Waals surface area contributed by atoms with Crippen molar-refractivity contribution in [1.29, 1.82) is 0 Å². The van der Waals surface area contributed by atoms with Crippen molar-refractivity contribution in [3.8, 4) is 0 Å². The third-order valence-corrected chi connectivity index (χ3v) is 4.96. The molecule has 1 aliphatic rings. The van der Waals surface area contributed by atoms with E-state index in [-0.39, 0.29) is 11.3 Å². The molecule has 0 aromatic heterocycles. The van der Waals surface area contributed by atoms with Crippen LogP contribution in [0.5, 0.6) is 0 Å². The first-order valence-corrected chi connectivity index (χ1v) is 8.32. The Labute approximate surface area is 133 Å². The highest BCUT2D eigenvalue weighted by Crippen LogP contribution is 2.34. The second kappa shape index (κ2) is 6.93. The van der Waals surface area contributed by atoms with E-state index in [2.05, 4.69) is 25.7 Å². The Kier molecular flexibility index (Phi) is 5.45. The lowest BCUT2D eigenvalue weighted by Crippen LogP contribution is -2.40. The van der Waals surface area contributed by atoms with Gasteiger partial charge in [0.2, 0.25) is 0 Å². The van der Waals surface area contributed by atoms with Crippen molar-refractivity contribution in [2.75, 3.05) is 19.6 Å². The highest BCUT2D eigenvalue weighted by molar-refractivity contribution is 6.31. The van der Waals surface area contributed by atoms with Gasteiger partial charge >= 0.3 is 0 Å². The summed E-state index contributed by atoms with van der Waals surface area (Å²) in [6, 6.07) is 7.87. The molecule has 116 valence electrons. The first-order valence-electron chi connectivity index (χ1n) is 7.94. The van der Waals surface area contributed by atoms with Gasteiger partial charge in [0.15, 0.2) is 0 Å². The summed E-state index contributed by atoms with van der Waals surface area (Å²) in [5, 5.41) is 0.758. The van der Waals surface area contributed by atoms with E-state index in [0.717, 1.165) is 43.1 Å². The smallest absolute Gasteiger partial charge is 0.138 e. The van der Waals surface area contributed by atoms with Crippen LogP contribution in [0.2, 0.25) is 5.02 Å². The Balaban J connectivity index is 2.06. The number of hydrogen-bond donors (Lipinski definition) is 0. The molecule has 3 heteroatoms. The Hall–Kier alpha value is -0.860. The van der Waals surface area contributed by atoms with Crippen LogP contribution in [0.4, 0.5) is 0 Å². The van der Waals surface area contributed by atoms with Gasteiger partial charge in [0.25, 0.3) is 0 Å². The Bertz CT molecular complexity index is 498. The van der Waals surface area contributed by atoms with E-state index in [9.17, 15) is 4.79 Å². The fourth-order valence-electron chi connectivity index (χ4n) is 3.29. The van der Waals surface area contributed by atoms with Crippen molar-refractivity contribution < 1.29 is 4.79 Å². The average Bonchev–Trinajstić information content (AvgIpc) is 2.47. The zero-order chi connectivity index (χ0) is 15.5. The monoisotopic (exact) mass is 307 g/mol. The first kappa shape index (κ1) is 16.5. The van der Waals surface area contributed by atoms with Gasteiger partial charge in [-0.15, -0.1) is 0 Å². The molecule has 0 N–H and O–H groups in total. The molecule has 1 fully saturated rings. The van der Waals surface area contributed by atoms with Crippen LogP contribution in [0.1, 0.15) is 45.6 Å². The molecule has 0 bridgehead atoms. The molecule has 21 heavy (non-hydrogen) atoms. The van der Waals surface area contributed by atoms with Gasteiger partial charge in [0.1, 0.15) is 5.78 Å². The quantitative estimate of drug-likeness (QED) is 0.808. The molecule has 0 aliphatic carbocycles. The molecule has 0 unspecified atom stereocenters. The topological polar surface area (TPSA) is 20.3 Å². The van der Waals surface area contributed by atoms with Gasteiger partial charge in [-0.25, -0.2) is 0 Å². The minimum absolute atomic E-state index is 0.195. The first-order chi connectivity index (χ1) is 9.94. The van der Waals surface area contributed by atoms with E-state index in [1.807, 2.05) is 24.3 Å². The number of ketones is 1. The highest BCUT2D eigenvalue weighted by atomic mass is 35.5. The average molecular weight is 308 g/mol. The summed E-state index contributed by atoms with van der Waals surface area (Å²) in [5.41, 5.74) is 0.868. The van der Waals surface area contributed by atoms with E-state index in [4.69, 9.17) is 11.6 Å². The number of piperidine rings is 1. The highest BCUT2D eigenvalue weighted by Gasteiger charge is 2.31. The van der Waals surface area contributed by atoms with Crippen molar-refractivity contribution in [2.24, 2.45) is 5.92 Å². The van der Waals surface area contributed by atoms with Gasteiger partial charge < -0.3 is 4.90 Å². The molecular formula is C18H26ClNO. The molecule has 1 saturated heterocycles. The van der Waals surface area contributed by atoms with Crippen molar-refractivity contribution in [3.05, 3.63) is 34.9 Å². The number of rotatable bonds is 5. The number of likely N-dealkylation sites (tertiary alicyclic amines) is 1. The van der Waals surface area contributed by atoms with Crippen molar-refractivity contribution in [3.63, 3.8) is 0 Å². The predicted octanol–water partition coefficient (Wildman–Crippen LogP) is 4.31. The van der Waals surface area contributed by atoms with Crippen molar-refractivity contribution in [1.82, 2.24) is 4.90 Å². The summed E-state index contributed by atoms with van der Waals surface area (Å²) in [4.78, 5) is 15.1. The van der Waals surface area contributed by atoms with E-state index in [0.29, 0.717) is 12.2 Å². The van der Waals surface area contributed by atoms with Gasteiger partial charge in [-0.05, 0) is 43.0 Å². The van der Waals surface area contributed by atoms with E-state index >= 15 is 0 Å². The maximum absolute atomic E-state index is 12.7. The van der Waals surface area contributed by atoms with Crippen LogP contribution in [0.15, 0.2) is 24.3 Å². The van der Waals surface area contributed by atoms with Crippen LogP contribution in [-0.4, -0.2) is 30.3 Å². The second-order valence-electron chi connectivity index (χ2n) is 6.74. The molecule has 2 nitrogen and oxygen atoms in total. The van der Waals surface area contributed by atoms with Crippen LogP contribution in [-0.2, 0) is 10.2 Å². The fraction of sp³-hybridized carbons (Fsp3) is 0.611. The van der Waals surface area contributed by atoms with Crippen LogP contribution in [0.3, 0.4) is 0 Å². The normalized spacial score (nSPS) is 20.5. The van der Waals surface area contributed by atoms with E-state index in [1.54, 1.807) is 0 Å². The minimum atomic E-state index is -0.204. The maximum Gasteiger partial charge on any atom is 0.138 e. The molecule has 0 radical (unpaired) electrons. The van der Waals surface area contributed by atoms with Crippen LogP contribution in [0, 0.1) is 5.92 Å². The Morgan fingerprint density at radius 3 is 2.76 bits per heavy atom. The molecule has 0 spiro atoms. The van der Waals surface area contributed by atoms with Crippen molar-refractivity contribution >= 4 is 17.4 Å². The number of carbonyl (C=O) groups excluding carboxylic acids is 1. The van der Waals surface area contributed by atoms with Crippen LogP contribution >= 0.6 is 11.6 Å². The summed E-state index contributed by atoms with van der Waals surface area (Å²) < 4.78 is 0. The molecule has 1 heterocycles. The number of Topliss-reactive ketones (excluding diaryl/α,β-unsaturated/α-hetero) is 1. The van der Waals surface area contributed by atoms with Crippen molar-refractivity contribution in [2.45, 2.75) is 45.4 Å². The Morgan fingerprint density at radius 1 is 1.38 bits per heavy atom. The standard InChI is InChI=1S/C18H26ClNO/c1-4-20-11-7-8-14(13-20)17(21)12-18(2,3)15-9-5-6-10-16(15)19/h5-6,9-10,14H,4,7-8,11-13H2,1-3H3/t14-/m0/s1. The van der Waals surface area contributed by atoms with Gasteiger partial charge in [-0.1, -0.05) is 50.6 Å². The summed E-state index contributed by atoms with van der Waals surface area (Å²) in [5.74, 6) is 0.582. The largest absolute Gasteiger partial charge is 0.303 e. The van der Waals surface area contributed by atoms with Gasteiger partial charge in [0.05, 0.1) is 0 Å². The van der Waals surface area contributed by atoms with Crippen LogP contribution in [0.25, 0.3) is 0 Å². The second-order valence-corrected chi connectivity index (χ2v) is 7.15. The van der Waals surface area contributed by atoms with E-state index < -0.39 is 0 Å².